The fourth-order valence-corrected chi connectivity index (χ4v) is 1.76. The van der Waals surface area contributed by atoms with Crippen LogP contribution in [0.4, 0.5) is 0 Å². The van der Waals surface area contributed by atoms with E-state index >= 15 is 0 Å². The fourth-order valence-electron chi connectivity index (χ4n) is 0.837. The lowest BCUT2D eigenvalue weighted by atomic mass is 10.1. The van der Waals surface area contributed by atoms with Gasteiger partial charge in [0.05, 0.1) is 0 Å². The predicted octanol–water partition coefficient (Wildman–Crippen LogP) is 1.29. The molecule has 1 aromatic carbocycles. The van der Waals surface area contributed by atoms with Gasteiger partial charge in [-0.3, -0.25) is 4.79 Å². The lowest BCUT2D eigenvalue weighted by Crippen LogP contribution is -2.47. The van der Waals surface area contributed by atoms with E-state index in [1.807, 2.05) is 0 Å². The Morgan fingerprint density at radius 3 is 2.47 bits per heavy atom. The summed E-state index contributed by atoms with van der Waals surface area (Å²) in [4.78, 5) is 11.6. The van der Waals surface area contributed by atoms with Gasteiger partial charge in [0.2, 0.25) is 0 Å². The molecular formula is C10H13NO3S. The second kappa shape index (κ2) is 4.55. The molecule has 0 aliphatic heterocycles. The second-order valence-corrected chi connectivity index (χ2v) is 4.55. The molecule has 0 saturated heterocycles. The average molecular weight is 227 g/mol. The Hall–Kier alpha value is -1.20. The molecule has 0 saturated carbocycles. The molecule has 0 heterocycles. The summed E-state index contributed by atoms with van der Waals surface area (Å²) in [6.07, 6.45) is 0. The highest BCUT2D eigenvalue weighted by atomic mass is 32.2. The molecule has 1 unspecified atom stereocenters. The van der Waals surface area contributed by atoms with Crippen LogP contribution in [-0.4, -0.2) is 27.5 Å². The normalized spacial score (nSPS) is 14.5. The van der Waals surface area contributed by atoms with Gasteiger partial charge in [-0.15, -0.1) is 11.8 Å². The molecule has 0 radical (unpaired) electrons. The number of phenols is 1. The zero-order valence-electron chi connectivity index (χ0n) is 8.30. The van der Waals surface area contributed by atoms with Crippen molar-refractivity contribution in [1.82, 2.24) is 0 Å². The maximum atomic E-state index is 10.7. The lowest BCUT2D eigenvalue weighted by molar-refractivity contribution is -0.141. The molecular weight excluding hydrogens is 214 g/mol. The summed E-state index contributed by atoms with van der Waals surface area (Å²) in [5.74, 6) is -0.547. The summed E-state index contributed by atoms with van der Waals surface area (Å²) in [6, 6.07) is 6.55. The van der Waals surface area contributed by atoms with Crippen LogP contribution in [0.15, 0.2) is 29.2 Å². The second-order valence-electron chi connectivity index (χ2n) is 3.51. The van der Waals surface area contributed by atoms with E-state index in [9.17, 15) is 4.79 Å². The third-order valence-electron chi connectivity index (χ3n) is 1.86. The summed E-state index contributed by atoms with van der Waals surface area (Å²) < 4.78 is 0. The molecule has 4 N–H and O–H groups in total. The highest BCUT2D eigenvalue weighted by Gasteiger charge is 2.27. The maximum absolute atomic E-state index is 10.7. The Labute approximate surface area is 92.1 Å². The van der Waals surface area contributed by atoms with Crippen molar-refractivity contribution < 1.29 is 15.0 Å². The third-order valence-corrected chi connectivity index (χ3v) is 3.21. The first-order valence-corrected chi connectivity index (χ1v) is 5.34. The van der Waals surface area contributed by atoms with Crippen LogP contribution < -0.4 is 5.73 Å². The van der Waals surface area contributed by atoms with Crippen molar-refractivity contribution in [3.05, 3.63) is 24.3 Å². The van der Waals surface area contributed by atoms with Crippen molar-refractivity contribution in [2.24, 2.45) is 5.73 Å². The van der Waals surface area contributed by atoms with Crippen LogP contribution in [0, 0.1) is 0 Å². The van der Waals surface area contributed by atoms with E-state index in [0.29, 0.717) is 0 Å². The first kappa shape index (κ1) is 11.9. The van der Waals surface area contributed by atoms with Crippen LogP contribution in [0.3, 0.4) is 0 Å². The molecule has 0 aliphatic rings. The molecule has 0 amide bonds. The SMILES string of the molecule is CC(N)(CSc1ccc(O)cc1)C(=O)O. The Bertz CT molecular complexity index is 348. The van der Waals surface area contributed by atoms with Gasteiger partial charge in [-0.25, -0.2) is 0 Å². The van der Waals surface area contributed by atoms with Gasteiger partial charge in [-0.05, 0) is 31.2 Å². The molecule has 82 valence electrons. The van der Waals surface area contributed by atoms with Gasteiger partial charge in [0, 0.05) is 10.6 Å². The third kappa shape index (κ3) is 3.45. The highest BCUT2D eigenvalue weighted by molar-refractivity contribution is 7.99. The Morgan fingerprint density at radius 1 is 1.47 bits per heavy atom. The van der Waals surface area contributed by atoms with Crippen molar-refractivity contribution >= 4 is 17.7 Å². The molecule has 4 nitrogen and oxygen atoms in total. The summed E-state index contributed by atoms with van der Waals surface area (Å²) in [5, 5.41) is 17.8. The van der Waals surface area contributed by atoms with Gasteiger partial charge in [0.1, 0.15) is 11.3 Å². The van der Waals surface area contributed by atoms with E-state index in [-0.39, 0.29) is 11.5 Å². The van der Waals surface area contributed by atoms with Crippen LogP contribution in [0.1, 0.15) is 6.92 Å². The number of benzene rings is 1. The standard InChI is InChI=1S/C10H13NO3S/c1-10(11,9(13)14)6-15-8-4-2-7(12)3-5-8/h2-5,12H,6,11H2,1H3,(H,13,14). The molecule has 0 aromatic heterocycles. The van der Waals surface area contributed by atoms with E-state index in [0.717, 1.165) is 4.90 Å². The maximum Gasteiger partial charge on any atom is 0.324 e. The van der Waals surface area contributed by atoms with Crippen LogP contribution in [0.2, 0.25) is 0 Å². The van der Waals surface area contributed by atoms with Crippen LogP contribution in [0.25, 0.3) is 0 Å². The first-order valence-electron chi connectivity index (χ1n) is 4.36. The minimum atomic E-state index is -1.23. The Balaban J connectivity index is 2.57. The summed E-state index contributed by atoms with van der Waals surface area (Å²) in [7, 11) is 0. The van der Waals surface area contributed by atoms with Crippen molar-refractivity contribution in [3.8, 4) is 5.75 Å². The van der Waals surface area contributed by atoms with E-state index in [2.05, 4.69) is 0 Å². The number of phenolic OH excluding ortho intramolecular Hbond substituents is 1. The minimum Gasteiger partial charge on any atom is -0.508 e. The lowest BCUT2D eigenvalue weighted by Gasteiger charge is -2.18. The van der Waals surface area contributed by atoms with Crippen molar-refractivity contribution in [3.63, 3.8) is 0 Å². The fraction of sp³-hybridized carbons (Fsp3) is 0.300. The molecule has 5 heteroatoms. The minimum absolute atomic E-state index is 0.188. The van der Waals surface area contributed by atoms with E-state index in [1.165, 1.54) is 18.7 Å². The van der Waals surface area contributed by atoms with Gasteiger partial charge in [0.25, 0.3) is 0 Å². The number of carbonyl (C=O) groups is 1. The number of aliphatic carboxylic acids is 1. The smallest absolute Gasteiger partial charge is 0.324 e. The predicted molar refractivity (Wildman–Crippen MR) is 59.1 cm³/mol. The first-order chi connectivity index (χ1) is 6.92. The number of rotatable bonds is 4. The summed E-state index contributed by atoms with van der Waals surface area (Å²) in [6.45, 7) is 1.47. The van der Waals surface area contributed by atoms with Crippen LogP contribution in [-0.2, 0) is 4.79 Å². The van der Waals surface area contributed by atoms with E-state index in [1.54, 1.807) is 24.3 Å². The highest BCUT2D eigenvalue weighted by Crippen LogP contribution is 2.23. The largest absolute Gasteiger partial charge is 0.508 e. The molecule has 0 bridgehead atoms. The molecule has 1 rings (SSSR count). The topological polar surface area (TPSA) is 83.5 Å². The number of hydrogen-bond donors (Lipinski definition) is 3. The summed E-state index contributed by atoms with van der Waals surface area (Å²) in [5.41, 5.74) is 4.33. The number of thioether (sulfide) groups is 1. The van der Waals surface area contributed by atoms with Crippen molar-refractivity contribution in [1.29, 1.82) is 0 Å². The number of carboxylic acid groups (broad SMARTS) is 1. The summed E-state index contributed by atoms with van der Waals surface area (Å²) >= 11 is 1.35. The van der Waals surface area contributed by atoms with Crippen LogP contribution in [0.5, 0.6) is 5.75 Å². The van der Waals surface area contributed by atoms with Gasteiger partial charge >= 0.3 is 5.97 Å². The van der Waals surface area contributed by atoms with Gasteiger partial charge in [-0.1, -0.05) is 0 Å². The number of nitrogens with two attached hydrogens (primary N) is 1. The molecule has 1 atom stereocenters. The molecule has 0 fully saturated rings. The van der Waals surface area contributed by atoms with E-state index < -0.39 is 11.5 Å². The van der Waals surface area contributed by atoms with E-state index in [4.69, 9.17) is 15.9 Å². The molecule has 0 spiro atoms. The Morgan fingerprint density at radius 2 is 2.00 bits per heavy atom. The average Bonchev–Trinajstić information content (AvgIpc) is 2.17. The Kier molecular flexibility index (Phi) is 3.60. The van der Waals surface area contributed by atoms with Crippen LogP contribution >= 0.6 is 11.8 Å². The van der Waals surface area contributed by atoms with Crippen molar-refractivity contribution in [2.45, 2.75) is 17.4 Å². The molecule has 15 heavy (non-hydrogen) atoms. The zero-order valence-corrected chi connectivity index (χ0v) is 9.12. The monoisotopic (exact) mass is 227 g/mol. The number of hydrogen-bond acceptors (Lipinski definition) is 4. The van der Waals surface area contributed by atoms with Gasteiger partial charge < -0.3 is 15.9 Å². The van der Waals surface area contributed by atoms with Crippen molar-refractivity contribution in [2.75, 3.05) is 5.75 Å². The number of carboxylic acids is 1. The van der Waals surface area contributed by atoms with Gasteiger partial charge in [0.15, 0.2) is 0 Å². The zero-order chi connectivity index (χ0) is 11.5. The number of aromatic hydroxyl groups is 1. The van der Waals surface area contributed by atoms with Gasteiger partial charge in [-0.2, -0.15) is 0 Å². The molecule has 0 aliphatic carbocycles. The molecule has 1 aromatic rings. The quantitative estimate of drug-likeness (QED) is 0.675.